The normalized spacial score (nSPS) is 19.1. The van der Waals surface area contributed by atoms with Crippen LogP contribution in [0.4, 0.5) is 5.69 Å². The zero-order valence-electron chi connectivity index (χ0n) is 16.7. The summed E-state index contributed by atoms with van der Waals surface area (Å²) in [4.78, 5) is 31.6. The summed E-state index contributed by atoms with van der Waals surface area (Å²) in [5.74, 6) is 0.241. The van der Waals surface area contributed by atoms with E-state index in [1.165, 1.54) is 0 Å². The zero-order valence-corrected chi connectivity index (χ0v) is 16.7. The number of nitrogens with zero attached hydrogens (tertiary/aromatic N) is 2. The second-order valence-electron chi connectivity index (χ2n) is 7.51. The van der Waals surface area contributed by atoms with Crippen molar-refractivity contribution in [2.45, 2.75) is 46.1 Å². The highest BCUT2D eigenvalue weighted by Gasteiger charge is 2.32. The molecule has 1 aliphatic rings. The SMILES string of the molecule is CCN(C(=O)C1CCC(C(=O)NCc2ccccn2)CC1)c1cccc(C)c1. The molecular formula is C23H29N3O2. The predicted molar refractivity (Wildman–Crippen MR) is 111 cm³/mol. The third-order valence-corrected chi connectivity index (χ3v) is 5.51. The number of anilines is 1. The highest BCUT2D eigenvalue weighted by atomic mass is 16.2. The molecule has 0 spiro atoms. The Morgan fingerprint density at radius 3 is 2.46 bits per heavy atom. The highest BCUT2D eigenvalue weighted by molar-refractivity contribution is 5.95. The molecule has 148 valence electrons. The topological polar surface area (TPSA) is 62.3 Å². The van der Waals surface area contributed by atoms with Crippen LogP contribution >= 0.6 is 0 Å². The molecule has 2 amide bonds. The molecule has 5 nitrogen and oxygen atoms in total. The summed E-state index contributed by atoms with van der Waals surface area (Å²) >= 11 is 0. The van der Waals surface area contributed by atoms with Crippen molar-refractivity contribution in [3.63, 3.8) is 0 Å². The number of aromatic nitrogens is 1. The molecule has 1 saturated carbocycles. The Hall–Kier alpha value is -2.69. The van der Waals surface area contributed by atoms with Crippen molar-refractivity contribution in [1.82, 2.24) is 10.3 Å². The zero-order chi connectivity index (χ0) is 19.9. The Labute approximate surface area is 167 Å². The number of hydrogen-bond donors (Lipinski definition) is 1. The Bertz CT molecular complexity index is 799. The van der Waals surface area contributed by atoms with E-state index in [0.717, 1.165) is 42.6 Å². The van der Waals surface area contributed by atoms with Crippen LogP contribution in [-0.2, 0) is 16.1 Å². The maximum absolute atomic E-state index is 13.0. The van der Waals surface area contributed by atoms with E-state index in [-0.39, 0.29) is 23.7 Å². The van der Waals surface area contributed by atoms with Gasteiger partial charge in [-0.3, -0.25) is 14.6 Å². The summed E-state index contributed by atoms with van der Waals surface area (Å²) in [6.45, 7) is 5.16. The summed E-state index contributed by atoms with van der Waals surface area (Å²) in [7, 11) is 0. The molecular weight excluding hydrogens is 350 g/mol. The van der Waals surface area contributed by atoms with Crippen LogP contribution in [0.3, 0.4) is 0 Å². The number of carbonyl (C=O) groups is 2. The van der Waals surface area contributed by atoms with E-state index < -0.39 is 0 Å². The minimum atomic E-state index is -0.0122. The van der Waals surface area contributed by atoms with Crippen LogP contribution in [0, 0.1) is 18.8 Å². The van der Waals surface area contributed by atoms with E-state index in [4.69, 9.17) is 0 Å². The summed E-state index contributed by atoms with van der Waals surface area (Å²) in [6, 6.07) is 13.8. The van der Waals surface area contributed by atoms with Crippen molar-refractivity contribution in [2.24, 2.45) is 11.8 Å². The maximum atomic E-state index is 13.0. The van der Waals surface area contributed by atoms with Gasteiger partial charge in [-0.25, -0.2) is 0 Å². The Morgan fingerprint density at radius 1 is 1.07 bits per heavy atom. The predicted octanol–water partition coefficient (Wildman–Crippen LogP) is 3.87. The average molecular weight is 380 g/mol. The Kier molecular flexibility index (Phi) is 6.80. The first-order chi connectivity index (χ1) is 13.6. The van der Waals surface area contributed by atoms with Crippen molar-refractivity contribution in [3.05, 3.63) is 59.9 Å². The van der Waals surface area contributed by atoms with E-state index in [1.54, 1.807) is 6.20 Å². The molecule has 1 fully saturated rings. The monoisotopic (exact) mass is 379 g/mol. The summed E-state index contributed by atoms with van der Waals surface area (Å²) in [5, 5.41) is 2.98. The number of carbonyl (C=O) groups excluding carboxylic acids is 2. The lowest BCUT2D eigenvalue weighted by atomic mass is 9.80. The fourth-order valence-electron chi connectivity index (χ4n) is 3.91. The quantitative estimate of drug-likeness (QED) is 0.829. The van der Waals surface area contributed by atoms with Crippen LogP contribution in [-0.4, -0.2) is 23.3 Å². The summed E-state index contributed by atoms with van der Waals surface area (Å²) < 4.78 is 0. The third kappa shape index (κ3) is 4.97. The van der Waals surface area contributed by atoms with E-state index in [9.17, 15) is 9.59 Å². The van der Waals surface area contributed by atoms with Gasteiger partial charge in [0.25, 0.3) is 0 Å². The number of aryl methyl sites for hydroxylation is 1. The van der Waals surface area contributed by atoms with Gasteiger partial charge in [0.1, 0.15) is 0 Å². The van der Waals surface area contributed by atoms with Crippen LogP contribution in [0.1, 0.15) is 43.9 Å². The van der Waals surface area contributed by atoms with Crippen molar-refractivity contribution in [1.29, 1.82) is 0 Å². The van der Waals surface area contributed by atoms with E-state index in [0.29, 0.717) is 13.1 Å². The van der Waals surface area contributed by atoms with Gasteiger partial charge in [0.05, 0.1) is 12.2 Å². The molecule has 1 aromatic carbocycles. The van der Waals surface area contributed by atoms with Crippen LogP contribution in [0.25, 0.3) is 0 Å². The second-order valence-corrected chi connectivity index (χ2v) is 7.51. The number of benzene rings is 1. The first kappa shape index (κ1) is 20.1. The molecule has 0 aliphatic heterocycles. The fraction of sp³-hybridized carbons (Fsp3) is 0.435. The van der Waals surface area contributed by atoms with Crippen LogP contribution in [0.5, 0.6) is 0 Å². The molecule has 1 aliphatic carbocycles. The second kappa shape index (κ2) is 9.49. The lowest BCUT2D eigenvalue weighted by Gasteiger charge is -2.31. The van der Waals surface area contributed by atoms with Crippen molar-refractivity contribution in [3.8, 4) is 0 Å². The van der Waals surface area contributed by atoms with Crippen LogP contribution in [0.2, 0.25) is 0 Å². The van der Waals surface area contributed by atoms with Gasteiger partial charge in [-0.05, 0) is 69.4 Å². The standard InChI is InChI=1S/C23H29N3O2/c1-3-26(21-9-6-7-17(2)15-21)23(28)19-12-10-18(11-13-19)22(27)25-16-20-8-4-5-14-24-20/h4-9,14-15,18-19H,3,10-13,16H2,1-2H3,(H,25,27). The van der Waals surface area contributed by atoms with Gasteiger partial charge < -0.3 is 10.2 Å². The molecule has 1 N–H and O–H groups in total. The molecule has 5 heteroatoms. The van der Waals surface area contributed by atoms with E-state index in [1.807, 2.05) is 55.1 Å². The van der Waals surface area contributed by atoms with Gasteiger partial charge in [-0.15, -0.1) is 0 Å². The van der Waals surface area contributed by atoms with Gasteiger partial charge in [0, 0.05) is 30.3 Å². The summed E-state index contributed by atoms with van der Waals surface area (Å²) in [6.07, 6.45) is 4.78. The largest absolute Gasteiger partial charge is 0.350 e. The average Bonchev–Trinajstić information content (AvgIpc) is 2.73. The van der Waals surface area contributed by atoms with Crippen molar-refractivity contribution >= 4 is 17.5 Å². The number of pyridine rings is 1. The number of rotatable bonds is 6. The van der Waals surface area contributed by atoms with E-state index >= 15 is 0 Å². The minimum absolute atomic E-state index is 0.000280. The third-order valence-electron chi connectivity index (χ3n) is 5.51. The van der Waals surface area contributed by atoms with Crippen LogP contribution < -0.4 is 10.2 Å². The Balaban J connectivity index is 1.52. The number of amides is 2. The van der Waals surface area contributed by atoms with Gasteiger partial charge in [0.15, 0.2) is 0 Å². The maximum Gasteiger partial charge on any atom is 0.230 e. The lowest BCUT2D eigenvalue weighted by molar-refractivity contribution is -0.129. The molecule has 0 radical (unpaired) electrons. The lowest BCUT2D eigenvalue weighted by Crippen LogP contribution is -2.40. The smallest absolute Gasteiger partial charge is 0.230 e. The summed E-state index contributed by atoms with van der Waals surface area (Å²) in [5.41, 5.74) is 2.97. The van der Waals surface area contributed by atoms with Gasteiger partial charge >= 0.3 is 0 Å². The molecule has 0 bridgehead atoms. The van der Waals surface area contributed by atoms with Gasteiger partial charge in [-0.1, -0.05) is 18.2 Å². The first-order valence-electron chi connectivity index (χ1n) is 10.1. The van der Waals surface area contributed by atoms with E-state index in [2.05, 4.69) is 16.4 Å². The number of nitrogens with one attached hydrogen (secondary N) is 1. The Morgan fingerprint density at radius 2 is 1.82 bits per heavy atom. The number of hydrogen-bond acceptors (Lipinski definition) is 3. The van der Waals surface area contributed by atoms with Gasteiger partial charge in [-0.2, -0.15) is 0 Å². The first-order valence-corrected chi connectivity index (χ1v) is 10.1. The molecule has 0 saturated heterocycles. The fourth-order valence-corrected chi connectivity index (χ4v) is 3.91. The molecule has 0 atom stereocenters. The molecule has 0 unspecified atom stereocenters. The highest BCUT2D eigenvalue weighted by Crippen LogP contribution is 2.31. The molecule has 3 rings (SSSR count). The van der Waals surface area contributed by atoms with Crippen molar-refractivity contribution in [2.75, 3.05) is 11.4 Å². The molecule has 1 heterocycles. The van der Waals surface area contributed by atoms with Crippen LogP contribution in [0.15, 0.2) is 48.7 Å². The molecule has 1 aromatic heterocycles. The molecule has 2 aromatic rings. The van der Waals surface area contributed by atoms with Crippen molar-refractivity contribution < 1.29 is 9.59 Å². The minimum Gasteiger partial charge on any atom is -0.350 e. The molecule has 28 heavy (non-hydrogen) atoms. The van der Waals surface area contributed by atoms with Gasteiger partial charge in [0.2, 0.25) is 11.8 Å².